The van der Waals surface area contributed by atoms with Gasteiger partial charge in [-0.05, 0) is 41.5 Å². The van der Waals surface area contributed by atoms with E-state index in [1.165, 1.54) is 6.20 Å². The smallest absolute Gasteiger partial charge is 0.353 e. The molecule has 0 saturated carbocycles. The molecule has 1 unspecified atom stereocenters. The Bertz CT molecular complexity index is 1110. The number of benzene rings is 1. The number of nitrogens with zero attached hydrogens (tertiary/aromatic N) is 3. The Morgan fingerprint density at radius 1 is 1.37 bits per heavy atom. The molecule has 0 bridgehead atoms. The zero-order valence-electron chi connectivity index (χ0n) is 16.6. The van der Waals surface area contributed by atoms with E-state index in [-0.39, 0.29) is 17.4 Å². The van der Waals surface area contributed by atoms with E-state index in [4.69, 9.17) is 9.47 Å². The third-order valence-electron chi connectivity index (χ3n) is 5.98. The number of amides is 2. The molecule has 2 aromatic rings. The lowest BCUT2D eigenvalue weighted by atomic mass is 9.99. The van der Waals surface area contributed by atoms with Gasteiger partial charge < -0.3 is 14.8 Å². The van der Waals surface area contributed by atoms with E-state index in [2.05, 4.69) is 20.8 Å². The van der Waals surface area contributed by atoms with Crippen LogP contribution in [-0.4, -0.2) is 46.0 Å². The monoisotopic (exact) mass is 434 g/mol. The van der Waals surface area contributed by atoms with E-state index in [0.717, 1.165) is 41.5 Å². The molecule has 3 aliphatic rings. The number of aryl methyl sites for hydroxylation is 1. The first kappa shape index (κ1) is 19.5. The van der Waals surface area contributed by atoms with Crippen molar-refractivity contribution in [1.82, 2.24) is 9.78 Å². The van der Waals surface area contributed by atoms with Gasteiger partial charge in [-0.25, -0.2) is 18.1 Å². The second-order valence-electron chi connectivity index (χ2n) is 7.87. The summed E-state index contributed by atoms with van der Waals surface area (Å²) in [6.45, 7) is 0.797. The van der Waals surface area contributed by atoms with Gasteiger partial charge in [0.15, 0.2) is 0 Å². The lowest BCUT2D eigenvalue weighted by molar-refractivity contribution is 0.0165. The Morgan fingerprint density at radius 3 is 3.07 bits per heavy atom. The highest BCUT2D eigenvalue weighted by atomic mass is 32.2. The minimum Gasteiger partial charge on any atom is -0.474 e. The largest absolute Gasteiger partial charge is 0.474 e. The highest BCUT2D eigenvalue weighted by Crippen LogP contribution is 2.39. The maximum Gasteiger partial charge on any atom is 0.353 e. The normalized spacial score (nSPS) is 22.9. The van der Waals surface area contributed by atoms with Gasteiger partial charge in [-0.1, -0.05) is 6.07 Å². The number of nitrogens with one attached hydrogen (secondary N) is 1. The molecule has 5 rings (SSSR count). The van der Waals surface area contributed by atoms with Crippen LogP contribution in [0, 0.1) is 0 Å². The first-order chi connectivity index (χ1) is 14.5. The van der Waals surface area contributed by atoms with Crippen molar-refractivity contribution in [1.29, 1.82) is 0 Å². The van der Waals surface area contributed by atoms with Crippen LogP contribution >= 0.6 is 0 Å². The molecule has 1 aromatic carbocycles. The number of alkyl halides is 1. The summed E-state index contributed by atoms with van der Waals surface area (Å²) in [6, 6.07) is 1.38. The summed E-state index contributed by atoms with van der Waals surface area (Å²) in [5.74, 6) is 0.350. The van der Waals surface area contributed by atoms with E-state index in [9.17, 15) is 13.4 Å². The van der Waals surface area contributed by atoms with Crippen molar-refractivity contribution < 1.29 is 22.9 Å². The lowest BCUT2D eigenvalue weighted by Gasteiger charge is -2.22. The number of carbonyl (C=O) groups is 1. The summed E-state index contributed by atoms with van der Waals surface area (Å²) in [5, 5.41) is 6.97. The number of ether oxygens (including phenoxy) is 2. The molecule has 3 atom stereocenters. The minimum absolute atomic E-state index is 0.134. The summed E-state index contributed by atoms with van der Waals surface area (Å²) in [4.78, 5) is 12.9. The van der Waals surface area contributed by atoms with Gasteiger partial charge in [-0.15, -0.1) is 4.36 Å². The van der Waals surface area contributed by atoms with Crippen molar-refractivity contribution in [2.24, 2.45) is 4.36 Å². The third-order valence-corrected chi connectivity index (χ3v) is 7.06. The Labute approximate surface area is 175 Å². The lowest BCUT2D eigenvalue weighted by Crippen LogP contribution is -2.32. The Balaban J connectivity index is 1.41. The van der Waals surface area contributed by atoms with E-state index >= 15 is 0 Å². The Morgan fingerprint density at radius 2 is 2.23 bits per heavy atom. The molecule has 2 heterocycles. The first-order valence-corrected chi connectivity index (χ1v) is 11.3. The van der Waals surface area contributed by atoms with E-state index < -0.39 is 22.8 Å². The van der Waals surface area contributed by atoms with Gasteiger partial charge in [0, 0.05) is 25.6 Å². The number of halogens is 1. The molecule has 0 saturated heterocycles. The number of aromatic nitrogens is 2. The zero-order chi connectivity index (χ0) is 20.8. The predicted molar refractivity (Wildman–Crippen MR) is 109 cm³/mol. The summed E-state index contributed by atoms with van der Waals surface area (Å²) in [5.41, 5.74) is 4.68. The summed E-state index contributed by atoms with van der Waals surface area (Å²) >= 11 is 0. The van der Waals surface area contributed by atoms with Crippen LogP contribution in [0.5, 0.6) is 5.88 Å². The van der Waals surface area contributed by atoms with Crippen molar-refractivity contribution in [2.45, 2.75) is 55.8 Å². The molecule has 0 fully saturated rings. The molecular weight excluding hydrogens is 411 g/mol. The predicted octanol–water partition coefficient (Wildman–Crippen LogP) is 2.47. The molecule has 2 amide bonds. The number of hydrogen-bond acceptors (Lipinski definition) is 5. The van der Waals surface area contributed by atoms with Crippen molar-refractivity contribution in [2.75, 3.05) is 19.0 Å². The van der Waals surface area contributed by atoms with Crippen LogP contribution in [0.15, 0.2) is 21.5 Å². The van der Waals surface area contributed by atoms with Crippen molar-refractivity contribution >= 4 is 22.3 Å². The highest BCUT2D eigenvalue weighted by Gasteiger charge is 2.29. The van der Waals surface area contributed by atoms with Crippen LogP contribution in [0.3, 0.4) is 0 Å². The number of urea groups is 1. The van der Waals surface area contributed by atoms with Gasteiger partial charge in [-0.3, -0.25) is 0 Å². The standard InChI is InChI=1S/C20H23FN4O4S/c1-28-14-9-25-19(29-10-14)17(8-22-25)30(27)24-20(26)23-18-15-4-2-3-11(15)5-12-6-13(21)7-16(12)18/h5,8,13-14,30H,2-4,6-7,9-10H2,1H3,(H,23,26)/t13-,14+/m1/s1. The molecular formula is C20H23FN4O4S. The van der Waals surface area contributed by atoms with Crippen LogP contribution < -0.4 is 10.1 Å². The number of rotatable bonds is 3. The van der Waals surface area contributed by atoms with Crippen molar-refractivity contribution in [3.05, 3.63) is 34.5 Å². The molecule has 0 radical (unpaired) electrons. The summed E-state index contributed by atoms with van der Waals surface area (Å²) in [6.07, 6.45) is 3.78. The van der Waals surface area contributed by atoms with Gasteiger partial charge >= 0.3 is 6.03 Å². The van der Waals surface area contributed by atoms with Gasteiger partial charge in [0.2, 0.25) is 5.88 Å². The molecule has 10 heteroatoms. The number of methoxy groups -OCH3 is 1. The van der Waals surface area contributed by atoms with Gasteiger partial charge in [0.25, 0.3) is 0 Å². The Hall–Kier alpha value is -2.46. The van der Waals surface area contributed by atoms with Crippen LogP contribution in [-0.2, 0) is 47.6 Å². The van der Waals surface area contributed by atoms with Gasteiger partial charge in [0.05, 0.1) is 23.3 Å². The topological polar surface area (TPSA) is 94.8 Å². The minimum atomic E-state index is -2.39. The summed E-state index contributed by atoms with van der Waals surface area (Å²) in [7, 11) is -0.799. The summed E-state index contributed by atoms with van der Waals surface area (Å²) < 4.78 is 43.0. The molecule has 1 aromatic heterocycles. The SMILES string of the molecule is CO[C@@H]1COc2c([SH](=O)=NC(=O)Nc3c4c(cc5c3C[C@H](F)C5)CCC4)cnn2C1. The highest BCUT2D eigenvalue weighted by molar-refractivity contribution is 7.75. The number of carbonyl (C=O) groups excluding carboxylic acids is 1. The molecule has 1 aliphatic heterocycles. The second kappa shape index (κ2) is 7.66. The number of hydrogen-bond donors (Lipinski definition) is 2. The average molecular weight is 434 g/mol. The van der Waals surface area contributed by atoms with Crippen LogP contribution in [0.25, 0.3) is 0 Å². The maximum absolute atomic E-state index is 14.0. The fraction of sp³-hybridized carbons (Fsp3) is 0.500. The fourth-order valence-electron chi connectivity index (χ4n) is 4.55. The van der Waals surface area contributed by atoms with Crippen molar-refractivity contribution in [3.8, 4) is 5.88 Å². The fourth-order valence-corrected chi connectivity index (χ4v) is 5.37. The zero-order valence-corrected chi connectivity index (χ0v) is 17.5. The van der Waals surface area contributed by atoms with Crippen molar-refractivity contribution in [3.63, 3.8) is 0 Å². The second-order valence-corrected chi connectivity index (χ2v) is 9.10. The number of thiol groups is 1. The van der Waals surface area contributed by atoms with Crippen LogP contribution in [0.4, 0.5) is 14.9 Å². The maximum atomic E-state index is 14.0. The van der Waals surface area contributed by atoms with E-state index in [1.54, 1.807) is 11.8 Å². The van der Waals surface area contributed by atoms with E-state index in [0.29, 0.717) is 31.1 Å². The quantitative estimate of drug-likeness (QED) is 0.724. The van der Waals surface area contributed by atoms with Gasteiger partial charge in [0.1, 0.15) is 23.8 Å². The third kappa shape index (κ3) is 3.37. The average Bonchev–Trinajstić information content (AvgIpc) is 3.44. The molecule has 30 heavy (non-hydrogen) atoms. The Kier molecular flexibility index (Phi) is 4.98. The molecule has 160 valence electrons. The van der Waals surface area contributed by atoms with Gasteiger partial charge in [-0.2, -0.15) is 5.10 Å². The molecule has 2 aliphatic carbocycles. The van der Waals surface area contributed by atoms with Crippen LogP contribution in [0.1, 0.15) is 28.7 Å². The van der Waals surface area contributed by atoms with Crippen LogP contribution in [0.2, 0.25) is 0 Å². The molecule has 8 nitrogen and oxygen atoms in total. The number of anilines is 1. The number of fused-ring (bicyclic) bond motifs is 3. The van der Waals surface area contributed by atoms with E-state index in [1.807, 2.05) is 0 Å². The molecule has 0 spiro atoms. The first-order valence-electron chi connectivity index (χ1n) is 10.1. The molecule has 1 N–H and O–H groups in total.